The van der Waals surface area contributed by atoms with E-state index in [1.807, 2.05) is 31.2 Å². The molecule has 0 unspecified atom stereocenters. The van der Waals surface area contributed by atoms with Gasteiger partial charge in [-0.2, -0.15) is 0 Å². The number of thiophene rings is 1. The fraction of sp³-hybridized carbons (Fsp3) is 0.150. The van der Waals surface area contributed by atoms with Crippen LogP contribution in [0.25, 0.3) is 0 Å². The van der Waals surface area contributed by atoms with Crippen molar-refractivity contribution in [3.8, 4) is 0 Å². The second-order valence-corrected chi connectivity index (χ2v) is 9.55. The summed E-state index contributed by atoms with van der Waals surface area (Å²) in [6.45, 7) is 2.01. The topological polar surface area (TPSA) is 54.5 Å². The van der Waals surface area contributed by atoms with Crippen molar-refractivity contribution in [2.75, 3.05) is 4.90 Å². The van der Waals surface area contributed by atoms with Gasteiger partial charge >= 0.3 is 0 Å². The van der Waals surface area contributed by atoms with Crippen LogP contribution < -0.4 is 4.90 Å². The van der Waals surface area contributed by atoms with E-state index in [4.69, 9.17) is 0 Å². The average Bonchev–Trinajstić information content (AvgIpc) is 3.26. The van der Waals surface area contributed by atoms with Crippen LogP contribution in [0, 0.1) is 0 Å². The van der Waals surface area contributed by atoms with Crippen LogP contribution in [0.5, 0.6) is 0 Å². The van der Waals surface area contributed by atoms with Gasteiger partial charge in [-0.25, -0.2) is 8.42 Å². The lowest BCUT2D eigenvalue weighted by molar-refractivity contribution is 0.0985. The summed E-state index contributed by atoms with van der Waals surface area (Å²) in [4.78, 5) is 15.5. The Morgan fingerprint density at radius 3 is 2.46 bits per heavy atom. The molecule has 1 amide bonds. The molecular formula is C20H17NO3S2. The van der Waals surface area contributed by atoms with Crippen molar-refractivity contribution in [2.45, 2.75) is 28.5 Å². The number of amides is 1. The Morgan fingerprint density at radius 1 is 1.00 bits per heavy atom. The molecular weight excluding hydrogens is 366 g/mol. The summed E-state index contributed by atoms with van der Waals surface area (Å²) in [6.07, 6.45) is 0.808. The molecule has 0 bridgehead atoms. The van der Waals surface area contributed by atoms with Gasteiger partial charge in [0.2, 0.25) is 9.84 Å². The number of hydrogen-bond donors (Lipinski definition) is 0. The molecule has 4 rings (SSSR count). The number of benzene rings is 2. The standard InChI is InChI=1S/C20H17NO3S2/c1-14-13-15-7-5-6-10-17(15)21(14)20(22)18-11-12-19(25-18)26(23,24)16-8-3-2-4-9-16/h2-12,14H,13H2,1H3/t14-/m0/s1. The van der Waals surface area contributed by atoms with E-state index >= 15 is 0 Å². The quantitative estimate of drug-likeness (QED) is 0.682. The van der Waals surface area contributed by atoms with E-state index in [0.29, 0.717) is 4.88 Å². The highest BCUT2D eigenvalue weighted by molar-refractivity contribution is 7.93. The van der Waals surface area contributed by atoms with Gasteiger partial charge < -0.3 is 4.90 Å². The number of sulfone groups is 1. The minimum atomic E-state index is -3.60. The second-order valence-electron chi connectivity index (χ2n) is 6.29. The fourth-order valence-electron chi connectivity index (χ4n) is 3.29. The fourth-order valence-corrected chi connectivity index (χ4v) is 5.96. The molecule has 0 radical (unpaired) electrons. The predicted octanol–water partition coefficient (Wildman–Crippen LogP) is 4.17. The van der Waals surface area contributed by atoms with Gasteiger partial charge in [0.25, 0.3) is 5.91 Å². The molecule has 0 saturated carbocycles. The Morgan fingerprint density at radius 2 is 1.69 bits per heavy atom. The first kappa shape index (κ1) is 17.0. The van der Waals surface area contributed by atoms with E-state index in [9.17, 15) is 13.2 Å². The van der Waals surface area contributed by atoms with Crippen LogP contribution in [0.2, 0.25) is 0 Å². The lowest BCUT2D eigenvalue weighted by Gasteiger charge is -2.21. The van der Waals surface area contributed by atoms with Gasteiger partial charge in [-0.1, -0.05) is 36.4 Å². The Labute approximate surface area is 156 Å². The zero-order chi connectivity index (χ0) is 18.3. The molecule has 4 nitrogen and oxygen atoms in total. The Bertz CT molecular complexity index is 1070. The number of para-hydroxylation sites is 1. The highest BCUT2D eigenvalue weighted by Gasteiger charge is 2.32. The van der Waals surface area contributed by atoms with E-state index in [1.165, 1.54) is 6.07 Å². The molecule has 0 aliphatic carbocycles. The third kappa shape index (κ3) is 2.75. The van der Waals surface area contributed by atoms with Crippen molar-refractivity contribution in [1.82, 2.24) is 0 Å². The van der Waals surface area contributed by atoms with Crippen LogP contribution in [0.15, 0.2) is 75.8 Å². The molecule has 132 valence electrons. The van der Waals surface area contributed by atoms with Gasteiger partial charge in [-0.3, -0.25) is 4.79 Å². The van der Waals surface area contributed by atoms with Crippen molar-refractivity contribution in [3.05, 3.63) is 77.2 Å². The van der Waals surface area contributed by atoms with Crippen LogP contribution >= 0.6 is 11.3 Å². The number of carbonyl (C=O) groups excluding carboxylic acids is 1. The highest BCUT2D eigenvalue weighted by atomic mass is 32.2. The van der Waals surface area contributed by atoms with E-state index in [2.05, 4.69) is 0 Å². The lowest BCUT2D eigenvalue weighted by atomic mass is 10.1. The third-order valence-corrected chi connectivity index (χ3v) is 7.87. The number of rotatable bonds is 3. The average molecular weight is 383 g/mol. The molecule has 1 aliphatic heterocycles. The zero-order valence-corrected chi connectivity index (χ0v) is 15.8. The molecule has 0 saturated heterocycles. The van der Waals surface area contributed by atoms with E-state index in [-0.39, 0.29) is 21.1 Å². The maximum Gasteiger partial charge on any atom is 0.268 e. The van der Waals surface area contributed by atoms with Crippen molar-refractivity contribution in [1.29, 1.82) is 0 Å². The number of nitrogens with zero attached hydrogens (tertiary/aromatic N) is 1. The van der Waals surface area contributed by atoms with Crippen LogP contribution in [0.3, 0.4) is 0 Å². The monoisotopic (exact) mass is 383 g/mol. The molecule has 26 heavy (non-hydrogen) atoms. The van der Waals surface area contributed by atoms with Crippen molar-refractivity contribution >= 4 is 32.8 Å². The molecule has 2 aromatic carbocycles. The zero-order valence-electron chi connectivity index (χ0n) is 14.1. The summed E-state index contributed by atoms with van der Waals surface area (Å²) in [7, 11) is -3.60. The van der Waals surface area contributed by atoms with Gasteiger partial charge in [-0.15, -0.1) is 11.3 Å². The summed E-state index contributed by atoms with van der Waals surface area (Å²) in [5, 5.41) is 0. The maximum atomic E-state index is 13.0. The smallest absolute Gasteiger partial charge is 0.268 e. The summed E-state index contributed by atoms with van der Waals surface area (Å²) < 4.78 is 25.7. The maximum absolute atomic E-state index is 13.0. The van der Waals surface area contributed by atoms with Gasteiger partial charge in [0.1, 0.15) is 4.21 Å². The minimum Gasteiger partial charge on any atom is -0.304 e. The van der Waals surface area contributed by atoms with Gasteiger partial charge in [0.05, 0.1) is 9.77 Å². The van der Waals surface area contributed by atoms with Gasteiger partial charge in [-0.05, 0) is 49.2 Å². The molecule has 0 fully saturated rings. The Hall–Kier alpha value is -2.44. The van der Waals surface area contributed by atoms with Crippen LogP contribution in [-0.4, -0.2) is 20.4 Å². The van der Waals surface area contributed by atoms with E-state index in [0.717, 1.165) is 29.0 Å². The van der Waals surface area contributed by atoms with Gasteiger partial charge in [0, 0.05) is 11.7 Å². The van der Waals surface area contributed by atoms with E-state index in [1.54, 1.807) is 41.3 Å². The molecule has 0 spiro atoms. The first-order valence-corrected chi connectivity index (χ1v) is 10.6. The molecule has 6 heteroatoms. The summed E-state index contributed by atoms with van der Waals surface area (Å²) >= 11 is 1.03. The molecule has 1 atom stereocenters. The minimum absolute atomic E-state index is 0.0520. The first-order valence-electron chi connectivity index (χ1n) is 8.30. The Balaban J connectivity index is 1.68. The van der Waals surface area contributed by atoms with Crippen LogP contribution in [-0.2, 0) is 16.3 Å². The largest absolute Gasteiger partial charge is 0.304 e. The number of anilines is 1. The Kier molecular flexibility index (Phi) is 4.17. The van der Waals surface area contributed by atoms with E-state index < -0.39 is 9.84 Å². The van der Waals surface area contributed by atoms with Crippen LogP contribution in [0.4, 0.5) is 5.69 Å². The predicted molar refractivity (Wildman–Crippen MR) is 103 cm³/mol. The third-order valence-electron chi connectivity index (χ3n) is 4.54. The summed E-state index contributed by atoms with van der Waals surface area (Å²) in [5.74, 6) is -0.151. The lowest BCUT2D eigenvalue weighted by Crippen LogP contribution is -2.35. The molecule has 1 aromatic heterocycles. The highest BCUT2D eigenvalue weighted by Crippen LogP contribution is 2.35. The molecule has 1 aliphatic rings. The molecule has 3 aromatic rings. The number of hydrogen-bond acceptors (Lipinski definition) is 4. The summed E-state index contributed by atoms with van der Waals surface area (Å²) in [5.41, 5.74) is 2.05. The molecule has 0 N–H and O–H groups in total. The first-order chi connectivity index (χ1) is 12.5. The number of fused-ring (bicyclic) bond motifs is 1. The summed E-state index contributed by atoms with van der Waals surface area (Å²) in [6, 6.07) is 19.3. The SMILES string of the molecule is C[C@H]1Cc2ccccc2N1C(=O)c1ccc(S(=O)(=O)c2ccccc2)s1. The van der Waals surface area contributed by atoms with Crippen LogP contribution in [0.1, 0.15) is 22.2 Å². The molecule has 2 heterocycles. The number of carbonyl (C=O) groups is 1. The van der Waals surface area contributed by atoms with Crippen molar-refractivity contribution < 1.29 is 13.2 Å². The van der Waals surface area contributed by atoms with Crippen molar-refractivity contribution in [3.63, 3.8) is 0 Å². The normalized spacial score (nSPS) is 16.5. The second kappa shape index (κ2) is 6.37. The van der Waals surface area contributed by atoms with Gasteiger partial charge in [0.15, 0.2) is 0 Å². The van der Waals surface area contributed by atoms with Crippen molar-refractivity contribution in [2.24, 2.45) is 0 Å².